The number of hydrogen-bond donors (Lipinski definition) is 1. The number of likely N-dealkylation sites (tertiary alicyclic amines) is 1. The van der Waals surface area contributed by atoms with E-state index in [2.05, 4.69) is 4.72 Å². The van der Waals surface area contributed by atoms with Crippen LogP contribution in [0.5, 0.6) is 0 Å². The molecule has 3 rings (SSSR count). The number of carbonyl (C=O) groups is 3. The molecule has 1 fully saturated rings. The maximum Gasteiger partial charge on any atom is 0.417 e. The molecule has 1 aliphatic rings. The molecule has 0 spiro atoms. The standard InChI is InChI=1S/C28H36N2O7S/c1-27(2,3)36-25(32)22-18-17-21(24(31)30(22)26(33)37-28(4,5)6)23(19-13-9-7-10-14-19)29-38(34,35)20-15-11-8-12-16-20/h7-16,21-23,29H,17-18H2,1-6H3/t21?,22-,23?/m0/s1. The number of rotatable bonds is 6. The summed E-state index contributed by atoms with van der Waals surface area (Å²) < 4.78 is 40.2. The van der Waals surface area contributed by atoms with Gasteiger partial charge in [-0.3, -0.25) is 4.79 Å². The van der Waals surface area contributed by atoms with Crippen LogP contribution < -0.4 is 4.72 Å². The van der Waals surface area contributed by atoms with Crippen LogP contribution in [0.25, 0.3) is 0 Å². The molecule has 0 aliphatic carbocycles. The zero-order chi connectivity index (χ0) is 28.3. The lowest BCUT2D eigenvalue weighted by atomic mass is 9.84. The number of nitrogens with zero attached hydrogens (tertiary/aromatic N) is 1. The second-order valence-electron chi connectivity index (χ2n) is 11.2. The van der Waals surface area contributed by atoms with E-state index in [1.165, 1.54) is 12.1 Å². The van der Waals surface area contributed by atoms with Crippen molar-refractivity contribution in [1.82, 2.24) is 9.62 Å². The molecule has 3 atom stereocenters. The highest BCUT2D eigenvalue weighted by Crippen LogP contribution is 2.36. The number of hydrogen-bond acceptors (Lipinski definition) is 7. The summed E-state index contributed by atoms with van der Waals surface area (Å²) in [6.45, 7) is 10.0. The highest BCUT2D eigenvalue weighted by molar-refractivity contribution is 7.89. The van der Waals surface area contributed by atoms with Crippen molar-refractivity contribution in [3.05, 3.63) is 66.2 Å². The van der Waals surface area contributed by atoms with E-state index in [4.69, 9.17) is 9.47 Å². The molecule has 10 heteroatoms. The van der Waals surface area contributed by atoms with Gasteiger partial charge in [-0.2, -0.15) is 0 Å². The molecule has 1 saturated heterocycles. The quantitative estimate of drug-likeness (QED) is 0.528. The minimum Gasteiger partial charge on any atom is -0.458 e. The first-order valence-electron chi connectivity index (χ1n) is 12.5. The molecule has 38 heavy (non-hydrogen) atoms. The first kappa shape index (κ1) is 29.3. The highest BCUT2D eigenvalue weighted by atomic mass is 32.2. The van der Waals surface area contributed by atoms with Crippen LogP contribution >= 0.6 is 0 Å². The van der Waals surface area contributed by atoms with Gasteiger partial charge in [0.05, 0.1) is 16.9 Å². The number of nitrogens with one attached hydrogen (secondary N) is 1. The summed E-state index contributed by atoms with van der Waals surface area (Å²) in [6, 6.07) is 14.3. The Labute approximate surface area is 224 Å². The Bertz CT molecular complexity index is 1250. The van der Waals surface area contributed by atoms with Crippen LogP contribution in [0, 0.1) is 5.92 Å². The third-order valence-corrected chi connectivity index (χ3v) is 7.24. The zero-order valence-electron chi connectivity index (χ0n) is 22.6. The van der Waals surface area contributed by atoms with E-state index in [9.17, 15) is 22.8 Å². The fraction of sp³-hybridized carbons (Fsp3) is 0.464. The Morgan fingerprint density at radius 2 is 1.39 bits per heavy atom. The van der Waals surface area contributed by atoms with Crippen molar-refractivity contribution in [3.63, 3.8) is 0 Å². The van der Waals surface area contributed by atoms with Gasteiger partial charge < -0.3 is 9.47 Å². The Hall–Kier alpha value is -3.24. The van der Waals surface area contributed by atoms with E-state index >= 15 is 0 Å². The van der Waals surface area contributed by atoms with Crippen molar-refractivity contribution in [2.24, 2.45) is 5.92 Å². The summed E-state index contributed by atoms with van der Waals surface area (Å²) >= 11 is 0. The van der Waals surface area contributed by atoms with Crippen molar-refractivity contribution in [2.75, 3.05) is 0 Å². The summed E-state index contributed by atoms with van der Waals surface area (Å²) in [5.41, 5.74) is -1.23. The molecule has 2 aromatic rings. The molecule has 1 aliphatic heterocycles. The van der Waals surface area contributed by atoms with Crippen molar-refractivity contribution < 1.29 is 32.3 Å². The lowest BCUT2D eigenvalue weighted by Crippen LogP contribution is -2.58. The summed E-state index contributed by atoms with van der Waals surface area (Å²) in [6.07, 6.45) is -0.763. The molecule has 1 N–H and O–H groups in total. The van der Waals surface area contributed by atoms with Crippen LogP contribution in [0.3, 0.4) is 0 Å². The van der Waals surface area contributed by atoms with E-state index < -0.39 is 57.2 Å². The van der Waals surface area contributed by atoms with Gasteiger partial charge in [0.25, 0.3) is 0 Å². The van der Waals surface area contributed by atoms with E-state index in [-0.39, 0.29) is 17.7 Å². The van der Waals surface area contributed by atoms with Gasteiger partial charge in [-0.1, -0.05) is 48.5 Å². The SMILES string of the molecule is CC(C)(C)OC(=O)[C@@H]1CCC(C(NS(=O)(=O)c2ccccc2)c2ccccc2)C(=O)N1C(=O)OC(C)(C)C. The number of sulfonamides is 1. The van der Waals surface area contributed by atoms with E-state index in [0.717, 1.165) is 4.90 Å². The van der Waals surface area contributed by atoms with Gasteiger partial charge in [0, 0.05) is 0 Å². The van der Waals surface area contributed by atoms with Crippen LogP contribution in [-0.4, -0.2) is 48.5 Å². The first-order valence-corrected chi connectivity index (χ1v) is 14.0. The van der Waals surface area contributed by atoms with Crippen LogP contribution in [0.15, 0.2) is 65.6 Å². The fourth-order valence-electron chi connectivity index (χ4n) is 4.23. The molecule has 0 bridgehead atoms. The number of esters is 1. The maximum absolute atomic E-state index is 14.0. The largest absolute Gasteiger partial charge is 0.458 e. The number of ether oxygens (including phenoxy) is 2. The first-order chi connectivity index (χ1) is 17.6. The lowest BCUT2D eigenvalue weighted by Gasteiger charge is -2.40. The topological polar surface area (TPSA) is 119 Å². The van der Waals surface area contributed by atoms with Crippen LogP contribution in [0.4, 0.5) is 4.79 Å². The zero-order valence-corrected chi connectivity index (χ0v) is 23.4. The Kier molecular flexibility index (Phi) is 8.68. The van der Waals surface area contributed by atoms with Crippen molar-refractivity contribution >= 4 is 28.0 Å². The molecule has 1 heterocycles. The van der Waals surface area contributed by atoms with Gasteiger partial charge >= 0.3 is 12.1 Å². The van der Waals surface area contributed by atoms with Crippen molar-refractivity contribution in [3.8, 4) is 0 Å². The fourth-order valence-corrected chi connectivity index (χ4v) is 5.52. The lowest BCUT2D eigenvalue weighted by molar-refractivity contribution is -0.168. The number of amides is 2. The molecule has 2 aromatic carbocycles. The number of benzene rings is 2. The minimum atomic E-state index is -4.03. The molecular formula is C28H36N2O7S. The monoisotopic (exact) mass is 544 g/mol. The van der Waals surface area contributed by atoms with Gasteiger partial charge in [-0.25, -0.2) is 27.6 Å². The average Bonchev–Trinajstić information content (AvgIpc) is 2.81. The Balaban J connectivity index is 2.03. The summed E-state index contributed by atoms with van der Waals surface area (Å²) in [5.74, 6) is -2.43. The molecule has 0 saturated carbocycles. The Morgan fingerprint density at radius 3 is 1.92 bits per heavy atom. The number of carbonyl (C=O) groups excluding carboxylic acids is 3. The number of imide groups is 1. The smallest absolute Gasteiger partial charge is 0.417 e. The summed E-state index contributed by atoms with van der Waals surface area (Å²) in [5, 5.41) is 0. The van der Waals surface area contributed by atoms with E-state index in [1.54, 1.807) is 90.1 Å². The summed E-state index contributed by atoms with van der Waals surface area (Å²) in [7, 11) is -4.03. The van der Waals surface area contributed by atoms with Gasteiger partial charge in [0.15, 0.2) is 0 Å². The van der Waals surface area contributed by atoms with E-state index in [0.29, 0.717) is 5.56 Å². The average molecular weight is 545 g/mol. The van der Waals surface area contributed by atoms with Crippen LogP contribution in [0.2, 0.25) is 0 Å². The van der Waals surface area contributed by atoms with Crippen molar-refractivity contribution in [2.45, 2.75) is 82.6 Å². The molecule has 2 amide bonds. The van der Waals surface area contributed by atoms with Crippen LogP contribution in [-0.2, 0) is 29.1 Å². The molecule has 0 aromatic heterocycles. The van der Waals surface area contributed by atoms with Crippen LogP contribution in [0.1, 0.15) is 66.0 Å². The minimum absolute atomic E-state index is 0.0415. The highest BCUT2D eigenvalue weighted by Gasteiger charge is 2.48. The third kappa shape index (κ3) is 7.41. The molecule has 206 valence electrons. The van der Waals surface area contributed by atoms with Gasteiger partial charge in [-0.15, -0.1) is 0 Å². The Morgan fingerprint density at radius 1 is 0.868 bits per heavy atom. The molecule has 0 radical (unpaired) electrons. The second-order valence-corrected chi connectivity index (χ2v) is 13.0. The summed E-state index contributed by atoms with van der Waals surface area (Å²) in [4.78, 5) is 41.1. The second kappa shape index (κ2) is 11.2. The third-order valence-electron chi connectivity index (χ3n) is 5.78. The molecule has 9 nitrogen and oxygen atoms in total. The predicted octanol–water partition coefficient (Wildman–Crippen LogP) is 4.59. The number of piperidine rings is 1. The van der Waals surface area contributed by atoms with Gasteiger partial charge in [0.1, 0.15) is 17.2 Å². The molecule has 2 unspecified atom stereocenters. The maximum atomic E-state index is 14.0. The molecular weight excluding hydrogens is 508 g/mol. The van der Waals surface area contributed by atoms with Crippen molar-refractivity contribution in [1.29, 1.82) is 0 Å². The predicted molar refractivity (Wildman–Crippen MR) is 141 cm³/mol. The normalized spacial score (nSPS) is 19.5. The van der Waals surface area contributed by atoms with Gasteiger partial charge in [-0.05, 0) is 72.1 Å². The van der Waals surface area contributed by atoms with E-state index in [1.807, 2.05) is 0 Å². The van der Waals surface area contributed by atoms with Gasteiger partial charge in [0.2, 0.25) is 15.9 Å².